The molecule has 2 fully saturated rings. The van der Waals surface area contributed by atoms with Crippen LogP contribution in [0.5, 0.6) is 0 Å². The van der Waals surface area contributed by atoms with Crippen LogP contribution >= 0.6 is 0 Å². The first-order valence-electron chi connectivity index (χ1n) is 9.81. The Kier molecular flexibility index (Phi) is 4.69. The number of likely N-dealkylation sites (tertiary alicyclic amines) is 2. The molecule has 0 bridgehead atoms. The van der Waals surface area contributed by atoms with Gasteiger partial charge in [0.15, 0.2) is 0 Å². The average Bonchev–Trinajstić information content (AvgIpc) is 3.31. The second-order valence-electron chi connectivity index (χ2n) is 8.12. The molecule has 2 aliphatic rings. The lowest BCUT2D eigenvalue weighted by Gasteiger charge is -2.41. The second-order valence-corrected chi connectivity index (χ2v) is 8.12. The Hall–Kier alpha value is -2.70. The van der Waals surface area contributed by atoms with Crippen molar-refractivity contribution in [2.75, 3.05) is 19.6 Å². The van der Waals surface area contributed by atoms with E-state index >= 15 is 0 Å². The highest BCUT2D eigenvalue weighted by Crippen LogP contribution is 2.41. The summed E-state index contributed by atoms with van der Waals surface area (Å²) in [6.45, 7) is 5.83. The first kappa shape index (κ1) is 18.7. The van der Waals surface area contributed by atoms with Crippen LogP contribution in [0.2, 0.25) is 0 Å². The van der Waals surface area contributed by atoms with Crippen LogP contribution in [0.25, 0.3) is 11.3 Å². The van der Waals surface area contributed by atoms with Crippen molar-refractivity contribution in [2.24, 2.45) is 5.41 Å². The van der Waals surface area contributed by atoms with Crippen LogP contribution < -0.4 is 0 Å². The molecule has 1 atom stereocenters. The summed E-state index contributed by atoms with van der Waals surface area (Å²) in [5, 5.41) is 6.82. The van der Waals surface area contributed by atoms with E-state index in [4.69, 9.17) is 0 Å². The Labute approximate surface area is 163 Å². The minimum absolute atomic E-state index is 0.167. The smallest absolute Gasteiger partial charge is 0.257 e. The number of carbonyl (C=O) groups is 2. The molecular weight excluding hydrogens is 359 g/mol. The Bertz CT molecular complexity index is 909. The monoisotopic (exact) mass is 384 g/mol. The number of nitrogens with one attached hydrogen (secondary N) is 1. The van der Waals surface area contributed by atoms with Crippen LogP contribution in [0.4, 0.5) is 4.39 Å². The highest BCUT2D eigenvalue weighted by molar-refractivity contribution is 6.00. The molecule has 2 aromatic rings. The van der Waals surface area contributed by atoms with Gasteiger partial charge < -0.3 is 9.80 Å². The summed E-state index contributed by atoms with van der Waals surface area (Å²) in [5.74, 6) is -0.367. The molecule has 4 rings (SSSR count). The van der Waals surface area contributed by atoms with Crippen molar-refractivity contribution in [2.45, 2.75) is 39.2 Å². The molecule has 0 saturated carbocycles. The molecular formula is C21H25FN4O2. The molecule has 1 N–H and O–H groups in total. The lowest BCUT2D eigenvalue weighted by atomic mass is 9.78. The van der Waals surface area contributed by atoms with Gasteiger partial charge in [-0.05, 0) is 45.2 Å². The lowest BCUT2D eigenvalue weighted by molar-refractivity contribution is -0.147. The fourth-order valence-electron chi connectivity index (χ4n) is 4.50. The van der Waals surface area contributed by atoms with E-state index in [1.54, 1.807) is 17.0 Å². The van der Waals surface area contributed by atoms with Gasteiger partial charge in [0.25, 0.3) is 5.91 Å². The topological polar surface area (TPSA) is 69.3 Å². The molecule has 0 aliphatic carbocycles. The second kappa shape index (κ2) is 7.04. The quantitative estimate of drug-likeness (QED) is 0.884. The molecule has 2 aliphatic heterocycles. The van der Waals surface area contributed by atoms with Gasteiger partial charge in [0.05, 0.1) is 22.9 Å². The fourth-order valence-corrected chi connectivity index (χ4v) is 4.50. The molecule has 0 unspecified atom stereocenters. The van der Waals surface area contributed by atoms with E-state index in [9.17, 15) is 14.0 Å². The maximum Gasteiger partial charge on any atom is 0.257 e. The van der Waals surface area contributed by atoms with E-state index in [1.165, 1.54) is 18.3 Å². The average molecular weight is 384 g/mol. The Morgan fingerprint density at radius 2 is 2.11 bits per heavy atom. The van der Waals surface area contributed by atoms with E-state index in [2.05, 4.69) is 10.2 Å². The number of aromatic nitrogens is 2. The largest absolute Gasteiger partial charge is 0.340 e. The van der Waals surface area contributed by atoms with Crippen LogP contribution in [-0.4, -0.2) is 57.5 Å². The maximum atomic E-state index is 13.6. The molecule has 148 valence electrons. The van der Waals surface area contributed by atoms with E-state index < -0.39 is 5.41 Å². The number of rotatable bonds is 3. The Morgan fingerprint density at radius 3 is 2.86 bits per heavy atom. The zero-order valence-electron chi connectivity index (χ0n) is 16.2. The summed E-state index contributed by atoms with van der Waals surface area (Å²) in [4.78, 5) is 30.0. The summed E-state index contributed by atoms with van der Waals surface area (Å²) in [7, 11) is 0. The summed E-state index contributed by atoms with van der Waals surface area (Å²) in [5.41, 5.74) is 1.02. The van der Waals surface area contributed by atoms with Crippen molar-refractivity contribution in [1.82, 2.24) is 20.0 Å². The third kappa shape index (κ3) is 3.08. The Morgan fingerprint density at radius 1 is 1.29 bits per heavy atom. The lowest BCUT2D eigenvalue weighted by Crippen LogP contribution is -2.52. The van der Waals surface area contributed by atoms with Crippen molar-refractivity contribution >= 4 is 11.8 Å². The molecule has 6 nitrogen and oxygen atoms in total. The number of carbonyl (C=O) groups excluding carboxylic acids is 2. The van der Waals surface area contributed by atoms with E-state index in [0.717, 1.165) is 19.4 Å². The number of benzene rings is 1. The number of nitrogens with zero attached hydrogens (tertiary/aromatic N) is 3. The minimum Gasteiger partial charge on any atom is -0.340 e. The number of halogens is 1. The van der Waals surface area contributed by atoms with Gasteiger partial charge >= 0.3 is 0 Å². The van der Waals surface area contributed by atoms with Gasteiger partial charge in [-0.2, -0.15) is 5.10 Å². The molecule has 0 radical (unpaired) electrons. The van der Waals surface area contributed by atoms with Gasteiger partial charge in [-0.25, -0.2) is 4.39 Å². The van der Waals surface area contributed by atoms with Gasteiger partial charge in [-0.1, -0.05) is 12.1 Å². The number of hydrogen-bond acceptors (Lipinski definition) is 3. The molecule has 7 heteroatoms. The predicted octanol–water partition coefficient (Wildman–Crippen LogP) is 3.08. The number of aromatic amines is 1. The third-order valence-electron chi connectivity index (χ3n) is 6.02. The summed E-state index contributed by atoms with van der Waals surface area (Å²) >= 11 is 0. The summed E-state index contributed by atoms with van der Waals surface area (Å²) in [6.07, 6.45) is 3.96. The number of piperidine rings is 1. The van der Waals surface area contributed by atoms with Crippen molar-refractivity contribution < 1.29 is 14.0 Å². The first-order valence-corrected chi connectivity index (χ1v) is 9.81. The number of hydrogen-bond donors (Lipinski definition) is 1. The minimum atomic E-state index is -0.471. The number of amides is 2. The molecule has 3 heterocycles. The van der Waals surface area contributed by atoms with Gasteiger partial charge in [0.1, 0.15) is 5.82 Å². The zero-order chi connectivity index (χ0) is 19.9. The molecule has 1 aromatic heterocycles. The van der Waals surface area contributed by atoms with Crippen LogP contribution in [0, 0.1) is 11.2 Å². The van der Waals surface area contributed by atoms with Crippen LogP contribution in [0.15, 0.2) is 30.5 Å². The van der Waals surface area contributed by atoms with E-state index in [0.29, 0.717) is 36.3 Å². The molecule has 2 saturated heterocycles. The highest BCUT2D eigenvalue weighted by Gasteiger charge is 2.50. The van der Waals surface area contributed by atoms with E-state index in [-0.39, 0.29) is 23.7 Å². The SMILES string of the molecule is CC(C)N1CCC[C@@]2(CCN(C(=O)c3cn[nH]c3-c3cccc(F)c3)C2)C1=O. The summed E-state index contributed by atoms with van der Waals surface area (Å²) < 4.78 is 13.6. The van der Waals surface area contributed by atoms with Crippen molar-refractivity contribution in [1.29, 1.82) is 0 Å². The molecule has 28 heavy (non-hydrogen) atoms. The first-order chi connectivity index (χ1) is 13.4. The van der Waals surface area contributed by atoms with Crippen LogP contribution in [-0.2, 0) is 4.79 Å². The predicted molar refractivity (Wildman–Crippen MR) is 103 cm³/mol. The zero-order valence-corrected chi connectivity index (χ0v) is 16.2. The van der Waals surface area contributed by atoms with Crippen molar-refractivity contribution in [3.8, 4) is 11.3 Å². The fraction of sp³-hybridized carbons (Fsp3) is 0.476. The molecule has 2 amide bonds. The van der Waals surface area contributed by atoms with Crippen molar-refractivity contribution in [3.05, 3.63) is 41.8 Å². The highest BCUT2D eigenvalue weighted by atomic mass is 19.1. The normalized spacial score (nSPS) is 22.5. The van der Waals surface area contributed by atoms with Crippen molar-refractivity contribution in [3.63, 3.8) is 0 Å². The third-order valence-corrected chi connectivity index (χ3v) is 6.02. The van der Waals surface area contributed by atoms with Gasteiger partial charge in [-0.3, -0.25) is 14.7 Å². The molecule has 1 aromatic carbocycles. The Balaban J connectivity index is 1.57. The maximum absolute atomic E-state index is 13.6. The molecule has 1 spiro atoms. The van der Waals surface area contributed by atoms with Gasteiger partial charge in [0.2, 0.25) is 5.91 Å². The van der Waals surface area contributed by atoms with Crippen LogP contribution in [0.1, 0.15) is 43.5 Å². The van der Waals surface area contributed by atoms with Gasteiger partial charge in [0, 0.05) is 31.2 Å². The summed E-state index contributed by atoms with van der Waals surface area (Å²) in [6, 6.07) is 6.25. The van der Waals surface area contributed by atoms with E-state index in [1.807, 2.05) is 18.7 Å². The standard InChI is InChI=1S/C21H25FN4O2/c1-14(2)26-9-4-7-21(20(26)28)8-10-25(13-21)19(27)17-12-23-24-18(17)15-5-3-6-16(22)11-15/h3,5-6,11-12,14H,4,7-10,13H2,1-2H3,(H,23,24)/t21-/m0/s1. The number of H-pyrrole nitrogens is 1. The van der Waals surface area contributed by atoms with Crippen LogP contribution in [0.3, 0.4) is 0 Å². The van der Waals surface area contributed by atoms with Gasteiger partial charge in [-0.15, -0.1) is 0 Å².